The Balaban J connectivity index is 3.66. The van der Waals surface area contributed by atoms with E-state index < -0.39 is 36.9 Å². The van der Waals surface area contributed by atoms with Gasteiger partial charge in [-0.15, -0.1) is 0 Å². The van der Waals surface area contributed by atoms with E-state index in [1.807, 2.05) is 0 Å². The largest absolute Gasteiger partial charge is 0.394 e. The highest BCUT2D eigenvalue weighted by atomic mass is 16.3. The van der Waals surface area contributed by atoms with Crippen molar-refractivity contribution < 1.29 is 25.2 Å². The first-order valence-corrected chi connectivity index (χ1v) is 29.9. The van der Waals surface area contributed by atoms with E-state index in [9.17, 15) is 25.2 Å². The molecule has 4 unspecified atom stereocenters. The lowest BCUT2D eigenvalue weighted by Crippen LogP contribution is -2.53. The molecule has 6 nitrogen and oxygen atoms in total. The molecule has 6 heteroatoms. The molecule has 0 aromatic heterocycles. The summed E-state index contributed by atoms with van der Waals surface area (Å²) < 4.78 is 0. The van der Waals surface area contributed by atoms with Crippen LogP contribution in [0.4, 0.5) is 0 Å². The fourth-order valence-corrected chi connectivity index (χ4v) is 9.38. The number of unbranched alkanes of at least 4 members (excludes halogenated alkanes) is 40. The molecule has 0 aliphatic carbocycles. The summed E-state index contributed by atoms with van der Waals surface area (Å²) in [6.45, 7) is 4.08. The molecule has 0 aliphatic heterocycles. The fourth-order valence-electron chi connectivity index (χ4n) is 9.38. The van der Waals surface area contributed by atoms with Gasteiger partial charge in [0.2, 0.25) is 5.91 Å². The van der Waals surface area contributed by atoms with E-state index in [2.05, 4.69) is 55.6 Å². The first kappa shape index (κ1) is 65.5. The van der Waals surface area contributed by atoms with Crippen molar-refractivity contribution in [1.29, 1.82) is 0 Å². The maximum Gasteiger partial charge on any atom is 0.249 e. The number of aliphatic hydroxyl groups is 4. The van der Waals surface area contributed by atoms with Crippen LogP contribution in [0, 0.1) is 0 Å². The summed E-state index contributed by atoms with van der Waals surface area (Å²) in [6, 6.07) is -1.01. The average Bonchev–Trinajstić information content (AvgIpc) is 3.33. The molecule has 396 valence electrons. The summed E-state index contributed by atoms with van der Waals surface area (Å²) in [5.74, 6) is -0.594. The Morgan fingerprint density at radius 2 is 0.627 bits per heavy atom. The van der Waals surface area contributed by atoms with Gasteiger partial charge in [-0.25, -0.2) is 0 Å². The first-order chi connectivity index (χ1) is 33.0. The van der Waals surface area contributed by atoms with Gasteiger partial charge < -0.3 is 25.7 Å². The second-order valence-electron chi connectivity index (χ2n) is 20.7. The van der Waals surface area contributed by atoms with Crippen LogP contribution in [0.2, 0.25) is 0 Å². The molecule has 0 aliphatic rings. The van der Waals surface area contributed by atoms with Gasteiger partial charge in [-0.1, -0.05) is 288 Å². The maximum absolute atomic E-state index is 12.6. The highest BCUT2D eigenvalue weighted by Gasteiger charge is 2.28. The predicted molar refractivity (Wildman–Crippen MR) is 293 cm³/mol. The van der Waals surface area contributed by atoms with E-state index in [4.69, 9.17) is 0 Å². The number of hydrogen-bond donors (Lipinski definition) is 5. The number of allylic oxidation sites excluding steroid dienone is 6. The number of hydrogen-bond acceptors (Lipinski definition) is 5. The molecule has 0 aromatic rings. The van der Waals surface area contributed by atoms with Crippen molar-refractivity contribution in [2.24, 2.45) is 0 Å². The highest BCUT2D eigenvalue weighted by molar-refractivity contribution is 5.80. The van der Waals surface area contributed by atoms with Gasteiger partial charge in [0.1, 0.15) is 12.2 Å². The minimum atomic E-state index is -1.29. The van der Waals surface area contributed by atoms with Crippen LogP contribution in [0.25, 0.3) is 0 Å². The van der Waals surface area contributed by atoms with Gasteiger partial charge in [0, 0.05) is 0 Å². The number of carbonyl (C=O) groups is 1. The SMILES string of the molecule is CCCCCCCCCCCCC/C=C/CC/C=C/CC/C=C/CCCC(O)C(O)C(CO)NC(=O)C(O)CCCCCCCCCCCCCCCCCCCCCCCCCCCCC. The molecule has 0 spiro atoms. The van der Waals surface area contributed by atoms with Crippen LogP contribution in [-0.2, 0) is 4.79 Å². The fraction of sp³-hybridized carbons (Fsp3) is 0.885. The minimum absolute atomic E-state index is 0.362. The third-order valence-corrected chi connectivity index (χ3v) is 14.1. The molecule has 1 amide bonds. The first-order valence-electron chi connectivity index (χ1n) is 29.9. The Kier molecular flexibility index (Phi) is 54.2. The van der Waals surface area contributed by atoms with Gasteiger partial charge in [0.15, 0.2) is 0 Å². The van der Waals surface area contributed by atoms with Crippen LogP contribution >= 0.6 is 0 Å². The smallest absolute Gasteiger partial charge is 0.249 e. The highest BCUT2D eigenvalue weighted by Crippen LogP contribution is 2.18. The molecule has 0 radical (unpaired) electrons. The lowest BCUT2D eigenvalue weighted by molar-refractivity contribution is -0.132. The van der Waals surface area contributed by atoms with E-state index in [0.29, 0.717) is 19.3 Å². The van der Waals surface area contributed by atoms with Gasteiger partial charge in [-0.3, -0.25) is 4.79 Å². The molecule has 0 fully saturated rings. The summed E-state index contributed by atoms with van der Waals surface area (Å²) in [4.78, 5) is 12.6. The van der Waals surface area contributed by atoms with Crippen molar-refractivity contribution >= 4 is 5.91 Å². The van der Waals surface area contributed by atoms with E-state index in [0.717, 1.165) is 51.4 Å². The third-order valence-electron chi connectivity index (χ3n) is 14.1. The summed E-state index contributed by atoms with van der Waals surface area (Å²) in [7, 11) is 0. The van der Waals surface area contributed by atoms with Gasteiger partial charge in [-0.2, -0.15) is 0 Å². The number of aliphatic hydroxyl groups excluding tert-OH is 4. The molecule has 5 N–H and O–H groups in total. The normalized spacial score (nSPS) is 13.9. The topological polar surface area (TPSA) is 110 Å². The zero-order valence-corrected chi connectivity index (χ0v) is 44.9. The summed E-state index contributed by atoms with van der Waals surface area (Å²) >= 11 is 0. The van der Waals surface area contributed by atoms with Crippen LogP contribution in [0.3, 0.4) is 0 Å². The minimum Gasteiger partial charge on any atom is -0.394 e. The Morgan fingerprint density at radius 3 is 0.940 bits per heavy atom. The monoisotopic (exact) mass is 944 g/mol. The van der Waals surface area contributed by atoms with E-state index in [-0.39, 0.29) is 0 Å². The van der Waals surface area contributed by atoms with Gasteiger partial charge in [0.25, 0.3) is 0 Å². The molecule has 4 atom stereocenters. The van der Waals surface area contributed by atoms with Crippen LogP contribution in [0.1, 0.15) is 316 Å². The standard InChI is InChI=1S/C61H117NO5/c1-3-5-7-9-11-13-15-17-19-21-23-25-27-29-30-31-33-35-37-39-41-43-45-47-49-51-53-55-59(65)61(67)62-57(56-63)60(66)58(64)54-52-50-48-46-44-42-40-38-36-34-32-28-26-24-22-20-18-16-14-12-10-8-6-4-2/h28,32,38,40,46,48,57-60,63-66H,3-27,29-31,33-37,39,41-45,47,49-56H2,1-2H3,(H,62,67)/b32-28+,40-38+,48-46+. The molecule has 0 rings (SSSR count). The summed E-state index contributed by atoms with van der Waals surface area (Å²) in [6.07, 6.45) is 69.4. The lowest BCUT2D eigenvalue weighted by atomic mass is 10.00. The average molecular weight is 945 g/mol. The number of carbonyl (C=O) groups excluding carboxylic acids is 1. The molecular formula is C61H117NO5. The molecule has 67 heavy (non-hydrogen) atoms. The molecule has 0 saturated carbocycles. The zero-order valence-electron chi connectivity index (χ0n) is 44.9. The van der Waals surface area contributed by atoms with Gasteiger partial charge in [-0.05, 0) is 64.2 Å². The van der Waals surface area contributed by atoms with Crippen LogP contribution in [0.15, 0.2) is 36.5 Å². The zero-order chi connectivity index (χ0) is 48.8. The van der Waals surface area contributed by atoms with Crippen LogP contribution in [0.5, 0.6) is 0 Å². The Labute approximate surface area is 417 Å². The maximum atomic E-state index is 12.6. The Hall–Kier alpha value is -1.47. The van der Waals surface area contributed by atoms with Crippen molar-refractivity contribution in [3.05, 3.63) is 36.5 Å². The molecular weight excluding hydrogens is 827 g/mol. The van der Waals surface area contributed by atoms with E-state index in [1.54, 1.807) is 0 Å². The van der Waals surface area contributed by atoms with Crippen molar-refractivity contribution in [3.8, 4) is 0 Å². The summed E-state index contributed by atoms with van der Waals surface area (Å²) in [5, 5.41) is 44.0. The Morgan fingerprint density at radius 1 is 0.358 bits per heavy atom. The number of nitrogens with one attached hydrogen (secondary N) is 1. The molecule has 0 heterocycles. The number of rotatable bonds is 55. The van der Waals surface area contributed by atoms with Crippen LogP contribution in [-0.4, -0.2) is 57.3 Å². The van der Waals surface area contributed by atoms with E-state index >= 15 is 0 Å². The van der Waals surface area contributed by atoms with Crippen molar-refractivity contribution in [2.75, 3.05) is 6.61 Å². The van der Waals surface area contributed by atoms with Crippen LogP contribution < -0.4 is 5.32 Å². The van der Waals surface area contributed by atoms with Gasteiger partial charge in [0.05, 0.1) is 18.8 Å². The Bertz CT molecular complexity index is 1060. The van der Waals surface area contributed by atoms with Crippen molar-refractivity contribution in [3.63, 3.8) is 0 Å². The quantitative estimate of drug-likeness (QED) is 0.0308. The van der Waals surface area contributed by atoms with Crippen molar-refractivity contribution in [1.82, 2.24) is 5.32 Å². The second kappa shape index (κ2) is 55.5. The lowest BCUT2D eigenvalue weighted by Gasteiger charge is -2.27. The van der Waals surface area contributed by atoms with E-state index in [1.165, 1.54) is 231 Å². The second-order valence-corrected chi connectivity index (χ2v) is 20.7. The number of amides is 1. The molecule has 0 bridgehead atoms. The van der Waals surface area contributed by atoms with Gasteiger partial charge >= 0.3 is 0 Å². The molecule has 0 saturated heterocycles. The predicted octanol–water partition coefficient (Wildman–Crippen LogP) is 17.6. The van der Waals surface area contributed by atoms with Crippen molar-refractivity contribution in [2.45, 2.75) is 340 Å². The summed E-state index contributed by atoms with van der Waals surface area (Å²) in [5.41, 5.74) is 0. The molecule has 0 aromatic carbocycles. The third kappa shape index (κ3) is 49.3.